The molecule has 0 radical (unpaired) electrons. The van der Waals surface area contributed by atoms with Crippen LogP contribution in [0.3, 0.4) is 0 Å². The first-order valence-electron chi connectivity index (χ1n) is 7.44. The minimum atomic E-state index is 0.129. The van der Waals surface area contributed by atoms with Crippen molar-refractivity contribution < 1.29 is 0 Å². The molecule has 0 saturated heterocycles. The summed E-state index contributed by atoms with van der Waals surface area (Å²) < 4.78 is 0. The molecule has 1 aromatic rings. The maximum absolute atomic E-state index is 4.63. The molecule has 0 atom stereocenters. The molecule has 1 aliphatic rings. The van der Waals surface area contributed by atoms with E-state index in [-0.39, 0.29) is 5.41 Å². The predicted molar refractivity (Wildman–Crippen MR) is 87.4 cm³/mol. The van der Waals surface area contributed by atoms with E-state index in [1.807, 2.05) is 12.3 Å². The van der Waals surface area contributed by atoms with Crippen molar-refractivity contribution in [3.05, 3.63) is 59.5 Å². The molecule has 0 bridgehead atoms. The van der Waals surface area contributed by atoms with Gasteiger partial charge in [0.05, 0.1) is 5.69 Å². The van der Waals surface area contributed by atoms with Gasteiger partial charge in [0.25, 0.3) is 0 Å². The maximum Gasteiger partial charge on any atom is 0.0730 e. The highest BCUT2D eigenvalue weighted by Crippen LogP contribution is 2.43. The highest BCUT2D eigenvalue weighted by molar-refractivity contribution is 5.80. The Morgan fingerprint density at radius 1 is 1.25 bits per heavy atom. The van der Waals surface area contributed by atoms with E-state index in [9.17, 15) is 0 Å². The lowest BCUT2D eigenvalue weighted by Crippen LogP contribution is -2.23. The van der Waals surface area contributed by atoms with Gasteiger partial charge in [0.2, 0.25) is 0 Å². The first kappa shape index (κ1) is 14.8. The third kappa shape index (κ3) is 2.77. The zero-order valence-corrected chi connectivity index (χ0v) is 13.3. The topological polar surface area (TPSA) is 12.9 Å². The van der Waals surface area contributed by atoms with Crippen LogP contribution >= 0.6 is 0 Å². The van der Waals surface area contributed by atoms with Crippen molar-refractivity contribution in [3.63, 3.8) is 0 Å². The minimum absolute atomic E-state index is 0.129. The first-order chi connectivity index (χ1) is 9.44. The summed E-state index contributed by atoms with van der Waals surface area (Å²) >= 11 is 0. The summed E-state index contributed by atoms with van der Waals surface area (Å²) in [6.45, 7) is 11.4. The number of rotatable bonds is 3. The van der Waals surface area contributed by atoms with E-state index in [0.29, 0.717) is 5.92 Å². The maximum atomic E-state index is 4.63. The van der Waals surface area contributed by atoms with E-state index >= 15 is 0 Å². The van der Waals surface area contributed by atoms with Crippen LogP contribution in [0.25, 0.3) is 5.57 Å². The van der Waals surface area contributed by atoms with Crippen LogP contribution in [-0.4, -0.2) is 4.98 Å². The normalized spacial score (nSPS) is 15.9. The molecule has 0 aliphatic heterocycles. The van der Waals surface area contributed by atoms with Crippen LogP contribution in [0.5, 0.6) is 0 Å². The van der Waals surface area contributed by atoms with Gasteiger partial charge in [-0.3, -0.25) is 4.98 Å². The van der Waals surface area contributed by atoms with E-state index < -0.39 is 0 Å². The van der Waals surface area contributed by atoms with Crippen molar-refractivity contribution in [3.8, 4) is 0 Å². The third-order valence-electron chi connectivity index (χ3n) is 4.55. The van der Waals surface area contributed by atoms with Crippen molar-refractivity contribution in [2.45, 2.75) is 41.0 Å². The van der Waals surface area contributed by atoms with Gasteiger partial charge in [0.1, 0.15) is 0 Å². The van der Waals surface area contributed by atoms with Gasteiger partial charge < -0.3 is 0 Å². The molecule has 1 heteroatoms. The molecule has 1 nitrogen and oxygen atoms in total. The van der Waals surface area contributed by atoms with Gasteiger partial charge in [-0.15, -0.1) is 0 Å². The molecule has 0 amide bonds. The molecule has 1 aliphatic carbocycles. The molecule has 0 saturated carbocycles. The molecule has 2 rings (SSSR count). The molecule has 0 N–H and O–H groups in total. The monoisotopic (exact) mass is 267 g/mol. The first-order valence-corrected chi connectivity index (χ1v) is 7.44. The van der Waals surface area contributed by atoms with Crippen LogP contribution in [0.2, 0.25) is 0 Å². The highest BCUT2D eigenvalue weighted by Gasteiger charge is 2.30. The van der Waals surface area contributed by atoms with Crippen LogP contribution in [-0.2, 0) is 0 Å². The molecule has 0 aromatic carbocycles. The Hall–Kier alpha value is -1.63. The van der Waals surface area contributed by atoms with Crippen LogP contribution in [0, 0.1) is 18.3 Å². The van der Waals surface area contributed by atoms with Gasteiger partial charge in [-0.2, -0.15) is 0 Å². The van der Waals surface area contributed by atoms with Gasteiger partial charge in [-0.25, -0.2) is 0 Å². The highest BCUT2D eigenvalue weighted by atomic mass is 14.7. The Kier molecular flexibility index (Phi) is 4.27. The quantitative estimate of drug-likeness (QED) is 0.720. The Morgan fingerprint density at radius 3 is 2.65 bits per heavy atom. The fourth-order valence-corrected chi connectivity index (χ4v) is 2.49. The summed E-state index contributed by atoms with van der Waals surface area (Å²) in [5.74, 6) is 0.577. The van der Waals surface area contributed by atoms with E-state index in [1.54, 1.807) is 0 Å². The Labute approximate surface area is 123 Å². The SMILES string of the molecule is Cc1cccnc1C1=CCC=CC=C1C(C)(C)C(C)C. The lowest BCUT2D eigenvalue weighted by molar-refractivity contribution is 0.319. The molecular weight excluding hydrogens is 242 g/mol. The largest absolute Gasteiger partial charge is 0.256 e. The Bertz CT molecular complexity index is 571. The second-order valence-electron chi connectivity index (χ2n) is 6.41. The Morgan fingerprint density at radius 2 is 2.00 bits per heavy atom. The molecule has 1 aromatic heterocycles. The second kappa shape index (κ2) is 5.78. The number of hydrogen-bond acceptors (Lipinski definition) is 1. The van der Waals surface area contributed by atoms with E-state index in [2.05, 4.69) is 70.0 Å². The average Bonchev–Trinajstić information content (AvgIpc) is 2.65. The van der Waals surface area contributed by atoms with Crippen molar-refractivity contribution in [1.29, 1.82) is 0 Å². The smallest absolute Gasteiger partial charge is 0.0730 e. The summed E-state index contributed by atoms with van der Waals surface area (Å²) in [5, 5.41) is 0. The van der Waals surface area contributed by atoms with Crippen molar-refractivity contribution in [1.82, 2.24) is 4.98 Å². The van der Waals surface area contributed by atoms with Crippen molar-refractivity contribution >= 4 is 5.57 Å². The standard InChI is InChI=1S/C19H25N/c1-14(2)19(4,5)17-12-8-6-7-11-16(17)18-15(3)10-9-13-20-18/h6,8-14H,7H2,1-5H3. The summed E-state index contributed by atoms with van der Waals surface area (Å²) in [6.07, 6.45) is 11.8. The fourth-order valence-electron chi connectivity index (χ4n) is 2.49. The van der Waals surface area contributed by atoms with E-state index in [4.69, 9.17) is 0 Å². The predicted octanol–water partition coefficient (Wildman–Crippen LogP) is 5.34. The molecule has 20 heavy (non-hydrogen) atoms. The number of nitrogens with zero attached hydrogens (tertiary/aromatic N) is 1. The molecule has 106 valence electrons. The van der Waals surface area contributed by atoms with Crippen LogP contribution in [0.15, 0.2) is 48.2 Å². The summed E-state index contributed by atoms with van der Waals surface area (Å²) in [7, 11) is 0. The molecule has 0 unspecified atom stereocenters. The molecular formula is C19H25N. The van der Waals surface area contributed by atoms with Gasteiger partial charge in [-0.05, 0) is 41.9 Å². The lowest BCUT2D eigenvalue weighted by atomic mass is 9.71. The van der Waals surface area contributed by atoms with Gasteiger partial charge in [-0.1, -0.05) is 58.1 Å². The Balaban J connectivity index is 2.56. The molecule has 0 spiro atoms. The van der Waals surface area contributed by atoms with Gasteiger partial charge in [0, 0.05) is 11.8 Å². The van der Waals surface area contributed by atoms with Crippen molar-refractivity contribution in [2.75, 3.05) is 0 Å². The summed E-state index contributed by atoms with van der Waals surface area (Å²) in [5.41, 5.74) is 5.18. The summed E-state index contributed by atoms with van der Waals surface area (Å²) in [6, 6.07) is 4.15. The molecule has 0 fully saturated rings. The number of allylic oxidation sites excluding steroid dienone is 6. The third-order valence-corrected chi connectivity index (χ3v) is 4.55. The van der Waals surface area contributed by atoms with E-state index in [1.165, 1.54) is 16.7 Å². The van der Waals surface area contributed by atoms with Gasteiger partial charge >= 0.3 is 0 Å². The second-order valence-corrected chi connectivity index (χ2v) is 6.41. The average molecular weight is 267 g/mol. The zero-order valence-electron chi connectivity index (χ0n) is 13.3. The number of aryl methyl sites for hydroxylation is 1. The van der Waals surface area contributed by atoms with Crippen molar-refractivity contribution in [2.24, 2.45) is 11.3 Å². The number of aromatic nitrogens is 1. The lowest BCUT2D eigenvalue weighted by Gasteiger charge is -2.34. The fraction of sp³-hybridized carbons (Fsp3) is 0.421. The van der Waals surface area contributed by atoms with Crippen LogP contribution in [0.4, 0.5) is 0 Å². The number of hydrogen-bond donors (Lipinski definition) is 0. The minimum Gasteiger partial charge on any atom is -0.256 e. The van der Waals surface area contributed by atoms with Crippen LogP contribution < -0.4 is 0 Å². The molecule has 1 heterocycles. The van der Waals surface area contributed by atoms with E-state index in [0.717, 1.165) is 12.1 Å². The zero-order chi connectivity index (χ0) is 14.8. The van der Waals surface area contributed by atoms with Gasteiger partial charge in [0.15, 0.2) is 0 Å². The van der Waals surface area contributed by atoms with Crippen LogP contribution in [0.1, 0.15) is 45.4 Å². The summed E-state index contributed by atoms with van der Waals surface area (Å²) in [4.78, 5) is 4.63. The number of pyridine rings is 1.